The zero-order valence-corrected chi connectivity index (χ0v) is 9.10. The molecule has 1 aliphatic heterocycles. The molecule has 0 saturated carbocycles. The van der Waals surface area contributed by atoms with E-state index in [1.165, 1.54) is 5.56 Å². The molecular formula is C12H16O3. The summed E-state index contributed by atoms with van der Waals surface area (Å²) in [5, 5.41) is 0. The maximum absolute atomic E-state index is 5.17. The molecule has 1 fully saturated rings. The minimum atomic E-state index is 0.235. The summed E-state index contributed by atoms with van der Waals surface area (Å²) in [6.45, 7) is 5.59. The third kappa shape index (κ3) is 3.22. The molecule has 82 valence electrons. The van der Waals surface area contributed by atoms with Crippen molar-refractivity contribution in [3.63, 3.8) is 0 Å². The fourth-order valence-electron chi connectivity index (χ4n) is 1.27. The predicted molar refractivity (Wildman–Crippen MR) is 56.9 cm³/mol. The summed E-state index contributed by atoms with van der Waals surface area (Å²) < 4.78 is 5.00. The summed E-state index contributed by atoms with van der Waals surface area (Å²) in [6, 6.07) is 7.95. The van der Waals surface area contributed by atoms with E-state index in [4.69, 9.17) is 14.5 Å². The van der Waals surface area contributed by atoms with Crippen molar-refractivity contribution in [1.29, 1.82) is 0 Å². The lowest BCUT2D eigenvalue weighted by Crippen LogP contribution is -2.04. The topological polar surface area (TPSA) is 31.0 Å². The summed E-state index contributed by atoms with van der Waals surface area (Å²) in [5.74, 6) is 1.25. The average Bonchev–Trinajstić information content (AvgIpc) is 3.02. The Hall–Kier alpha value is -1.06. The van der Waals surface area contributed by atoms with Gasteiger partial charge in [-0.3, -0.25) is 0 Å². The van der Waals surface area contributed by atoms with Crippen LogP contribution in [-0.2, 0) is 9.62 Å². The highest BCUT2D eigenvalue weighted by Gasteiger charge is 2.23. The Balaban J connectivity index is 1.86. The highest BCUT2D eigenvalue weighted by molar-refractivity contribution is 5.29. The van der Waals surface area contributed by atoms with Crippen LogP contribution in [0.1, 0.15) is 25.3 Å². The molecule has 1 aromatic rings. The van der Waals surface area contributed by atoms with Crippen LogP contribution in [-0.4, -0.2) is 19.3 Å². The van der Waals surface area contributed by atoms with Gasteiger partial charge in [-0.05, 0) is 23.6 Å². The molecule has 0 radical (unpaired) electrons. The smallest absolute Gasteiger partial charge is 0.165 e. The van der Waals surface area contributed by atoms with E-state index >= 15 is 0 Å². The van der Waals surface area contributed by atoms with Gasteiger partial charge in [0.1, 0.15) is 12.7 Å². The van der Waals surface area contributed by atoms with Gasteiger partial charge in [-0.15, -0.1) is 0 Å². The Bertz CT molecular complexity index is 318. The number of epoxide rings is 1. The van der Waals surface area contributed by atoms with E-state index in [-0.39, 0.29) is 6.10 Å². The first-order valence-electron chi connectivity index (χ1n) is 5.27. The van der Waals surface area contributed by atoms with Crippen LogP contribution in [0.4, 0.5) is 0 Å². The summed E-state index contributed by atoms with van der Waals surface area (Å²) in [7, 11) is 0. The van der Waals surface area contributed by atoms with Gasteiger partial charge in [0.25, 0.3) is 0 Å². The van der Waals surface area contributed by atoms with Crippen molar-refractivity contribution >= 4 is 0 Å². The molecule has 0 aliphatic carbocycles. The molecule has 0 amide bonds. The van der Waals surface area contributed by atoms with Crippen molar-refractivity contribution in [2.24, 2.45) is 0 Å². The molecular weight excluding hydrogens is 192 g/mol. The summed E-state index contributed by atoms with van der Waals surface area (Å²) in [5.41, 5.74) is 1.25. The maximum Gasteiger partial charge on any atom is 0.165 e. The molecule has 3 nitrogen and oxygen atoms in total. The van der Waals surface area contributed by atoms with E-state index in [1.54, 1.807) is 0 Å². The minimum absolute atomic E-state index is 0.235. The zero-order chi connectivity index (χ0) is 10.7. The largest absolute Gasteiger partial charge is 0.370 e. The van der Waals surface area contributed by atoms with Crippen molar-refractivity contribution < 1.29 is 14.5 Å². The first kappa shape index (κ1) is 10.5. The second-order valence-corrected chi connectivity index (χ2v) is 4.05. The Morgan fingerprint density at radius 3 is 2.93 bits per heavy atom. The second kappa shape index (κ2) is 4.64. The van der Waals surface area contributed by atoms with Crippen molar-refractivity contribution in [3.8, 4) is 5.75 Å². The third-order valence-corrected chi connectivity index (χ3v) is 2.34. The maximum atomic E-state index is 5.17. The Labute approximate surface area is 89.9 Å². The molecule has 15 heavy (non-hydrogen) atoms. The molecule has 1 aliphatic rings. The molecule has 1 atom stereocenters. The van der Waals surface area contributed by atoms with E-state index in [0.717, 1.165) is 12.4 Å². The van der Waals surface area contributed by atoms with Crippen molar-refractivity contribution in [2.75, 3.05) is 13.2 Å². The fraction of sp³-hybridized carbons (Fsp3) is 0.500. The van der Waals surface area contributed by atoms with E-state index in [0.29, 0.717) is 12.5 Å². The van der Waals surface area contributed by atoms with Gasteiger partial charge in [0.2, 0.25) is 0 Å². The highest BCUT2D eigenvalue weighted by Crippen LogP contribution is 2.20. The molecule has 1 unspecified atom stereocenters. The molecule has 0 bridgehead atoms. The van der Waals surface area contributed by atoms with Crippen LogP contribution in [0.2, 0.25) is 0 Å². The normalized spacial score (nSPS) is 19.3. The van der Waals surface area contributed by atoms with Gasteiger partial charge in [-0.1, -0.05) is 26.0 Å². The number of rotatable bonds is 5. The summed E-state index contributed by atoms with van der Waals surface area (Å²) in [6.07, 6.45) is 0.235. The van der Waals surface area contributed by atoms with Gasteiger partial charge in [0.15, 0.2) is 5.75 Å². The van der Waals surface area contributed by atoms with E-state index in [1.807, 2.05) is 18.2 Å². The van der Waals surface area contributed by atoms with Crippen molar-refractivity contribution in [3.05, 3.63) is 29.8 Å². The molecule has 1 aromatic carbocycles. The van der Waals surface area contributed by atoms with Crippen LogP contribution in [0.3, 0.4) is 0 Å². The standard InChI is InChI=1S/C12H16O3/c1-9(2)10-4-3-5-11(6-10)15-14-8-12-7-13-12/h3-6,9,12H,7-8H2,1-2H3. The lowest BCUT2D eigenvalue weighted by Gasteiger charge is -2.08. The van der Waals surface area contributed by atoms with E-state index in [2.05, 4.69) is 19.9 Å². The molecule has 0 aromatic heterocycles. The first-order chi connectivity index (χ1) is 7.25. The number of hydrogen-bond acceptors (Lipinski definition) is 3. The van der Waals surface area contributed by atoms with Gasteiger partial charge in [-0.25, -0.2) is 0 Å². The molecule has 0 N–H and O–H groups in total. The van der Waals surface area contributed by atoms with Crippen LogP contribution in [0.25, 0.3) is 0 Å². The van der Waals surface area contributed by atoms with Gasteiger partial charge in [-0.2, -0.15) is 4.89 Å². The highest BCUT2D eigenvalue weighted by atomic mass is 17.2. The molecule has 1 heterocycles. The average molecular weight is 208 g/mol. The lowest BCUT2D eigenvalue weighted by molar-refractivity contribution is -0.209. The first-order valence-corrected chi connectivity index (χ1v) is 5.27. The SMILES string of the molecule is CC(C)c1cccc(OOCC2CO2)c1. The van der Waals surface area contributed by atoms with Gasteiger partial charge >= 0.3 is 0 Å². The Morgan fingerprint density at radius 2 is 2.27 bits per heavy atom. The fourth-order valence-corrected chi connectivity index (χ4v) is 1.27. The van der Waals surface area contributed by atoms with Crippen LogP contribution in [0, 0.1) is 0 Å². The van der Waals surface area contributed by atoms with Crippen LogP contribution in [0.5, 0.6) is 5.75 Å². The third-order valence-electron chi connectivity index (χ3n) is 2.34. The quantitative estimate of drug-likeness (QED) is 0.423. The number of hydrogen-bond donors (Lipinski definition) is 0. The van der Waals surface area contributed by atoms with E-state index in [9.17, 15) is 0 Å². The van der Waals surface area contributed by atoms with Crippen molar-refractivity contribution in [1.82, 2.24) is 0 Å². The molecule has 2 rings (SSSR count). The monoisotopic (exact) mass is 208 g/mol. The summed E-state index contributed by atoms with van der Waals surface area (Å²) in [4.78, 5) is 10.2. The zero-order valence-electron chi connectivity index (χ0n) is 9.10. The molecule has 3 heteroatoms. The molecule has 1 saturated heterocycles. The second-order valence-electron chi connectivity index (χ2n) is 4.05. The van der Waals surface area contributed by atoms with Gasteiger partial charge in [0.05, 0.1) is 6.61 Å². The minimum Gasteiger partial charge on any atom is -0.370 e. The Kier molecular flexibility index (Phi) is 3.23. The lowest BCUT2D eigenvalue weighted by atomic mass is 10.0. The van der Waals surface area contributed by atoms with Crippen LogP contribution >= 0.6 is 0 Å². The van der Waals surface area contributed by atoms with E-state index < -0.39 is 0 Å². The van der Waals surface area contributed by atoms with Crippen LogP contribution < -0.4 is 4.89 Å². The van der Waals surface area contributed by atoms with Gasteiger partial charge < -0.3 is 9.62 Å². The predicted octanol–water partition coefficient (Wildman–Crippen LogP) is 2.52. The molecule has 0 spiro atoms. The van der Waals surface area contributed by atoms with Crippen LogP contribution in [0.15, 0.2) is 24.3 Å². The summed E-state index contributed by atoms with van der Waals surface area (Å²) >= 11 is 0. The Morgan fingerprint density at radius 1 is 1.47 bits per heavy atom. The van der Waals surface area contributed by atoms with Crippen molar-refractivity contribution in [2.45, 2.75) is 25.9 Å². The van der Waals surface area contributed by atoms with Gasteiger partial charge in [0, 0.05) is 0 Å². The number of benzene rings is 1. The number of ether oxygens (including phenoxy) is 1.